The van der Waals surface area contributed by atoms with Gasteiger partial charge in [0.05, 0.1) is 13.2 Å². The smallest absolute Gasteiger partial charge is 0.306 e. The van der Waals surface area contributed by atoms with Crippen LogP contribution in [0, 0.1) is 11.8 Å². The number of carbonyl (C=O) groups is 2. The third-order valence-corrected chi connectivity index (χ3v) is 11.6. The molecule has 2 rings (SSSR count). The molecule has 1 aliphatic heterocycles. The van der Waals surface area contributed by atoms with E-state index in [1.54, 1.807) is 0 Å². The van der Waals surface area contributed by atoms with Gasteiger partial charge in [-0.05, 0) is 56.8 Å². The second kappa shape index (κ2) is 33.3. The van der Waals surface area contributed by atoms with Gasteiger partial charge in [0.15, 0.2) is 12.4 Å². The van der Waals surface area contributed by atoms with E-state index in [1.807, 2.05) is 0 Å². The predicted molar refractivity (Wildman–Crippen MR) is 222 cm³/mol. The highest BCUT2D eigenvalue weighted by atomic mass is 16.7. The summed E-state index contributed by atoms with van der Waals surface area (Å²) in [5, 5.41) is 40.1. The minimum atomic E-state index is -1.59. The molecule has 56 heavy (non-hydrogen) atoms. The van der Waals surface area contributed by atoms with Crippen LogP contribution in [0.1, 0.15) is 200 Å². The number of esters is 2. The predicted octanol–water partition coefficient (Wildman–Crippen LogP) is 9.41. The standard InChI is InChI=1S/C46H84O10/c1-3-5-7-9-10-11-12-13-14-15-16-17-20-24-28-32-42(49)55-39(36-54-46-45(52)44(51)43(50)40(34-47)56-46)35-53-41(48)31-27-23-21-18-19-22-26-30-38-33-37(38)29-25-8-6-4-2/h13-14,37-40,43-47,50-52H,3-12,15-36H2,1-2H3/b14-13-/t37-,38+,39-,40-,43-,44+,45-,46+/m1/s1. The molecule has 0 aromatic carbocycles. The highest BCUT2D eigenvalue weighted by Gasteiger charge is 2.44. The fourth-order valence-electron chi connectivity index (χ4n) is 7.78. The van der Waals surface area contributed by atoms with Crippen molar-refractivity contribution in [2.75, 3.05) is 19.8 Å². The molecule has 10 nitrogen and oxygen atoms in total. The molecular formula is C46H84O10. The number of allylic oxidation sites excluding steroid dienone is 2. The van der Waals surface area contributed by atoms with Crippen LogP contribution in [-0.2, 0) is 28.5 Å². The second-order valence-electron chi connectivity index (χ2n) is 16.8. The van der Waals surface area contributed by atoms with Crippen molar-refractivity contribution in [2.45, 2.75) is 237 Å². The van der Waals surface area contributed by atoms with E-state index < -0.39 is 49.4 Å². The molecule has 2 fully saturated rings. The van der Waals surface area contributed by atoms with Crippen LogP contribution >= 0.6 is 0 Å². The van der Waals surface area contributed by atoms with E-state index in [9.17, 15) is 30.0 Å². The number of rotatable bonds is 37. The van der Waals surface area contributed by atoms with E-state index in [0.29, 0.717) is 6.42 Å². The Kier molecular flexibility index (Phi) is 30.1. The molecule has 0 unspecified atom stereocenters. The first kappa shape index (κ1) is 50.6. The van der Waals surface area contributed by atoms with Gasteiger partial charge < -0.3 is 39.4 Å². The zero-order valence-corrected chi connectivity index (χ0v) is 35.6. The Morgan fingerprint density at radius 1 is 0.607 bits per heavy atom. The van der Waals surface area contributed by atoms with Crippen molar-refractivity contribution in [3.63, 3.8) is 0 Å². The van der Waals surface area contributed by atoms with Crippen molar-refractivity contribution in [2.24, 2.45) is 11.8 Å². The lowest BCUT2D eigenvalue weighted by atomic mass is 9.99. The van der Waals surface area contributed by atoms with Gasteiger partial charge in [-0.1, -0.05) is 154 Å². The van der Waals surface area contributed by atoms with Gasteiger partial charge in [-0.25, -0.2) is 0 Å². The highest BCUT2D eigenvalue weighted by Crippen LogP contribution is 2.45. The normalized spacial score (nSPS) is 24.1. The topological polar surface area (TPSA) is 152 Å². The van der Waals surface area contributed by atoms with Gasteiger partial charge in [-0.15, -0.1) is 0 Å². The number of hydrogen-bond donors (Lipinski definition) is 4. The molecule has 2 aliphatic rings. The average Bonchev–Trinajstić information content (AvgIpc) is 3.95. The molecule has 0 aromatic rings. The van der Waals surface area contributed by atoms with Crippen molar-refractivity contribution in [1.29, 1.82) is 0 Å². The molecular weight excluding hydrogens is 712 g/mol. The zero-order valence-electron chi connectivity index (χ0n) is 35.6. The summed E-state index contributed by atoms with van der Waals surface area (Å²) in [5.74, 6) is 1.19. The Hall–Kier alpha value is -1.56. The third kappa shape index (κ3) is 24.4. The second-order valence-corrected chi connectivity index (χ2v) is 16.8. The number of ether oxygens (including phenoxy) is 4. The van der Waals surface area contributed by atoms with E-state index in [4.69, 9.17) is 18.9 Å². The summed E-state index contributed by atoms with van der Waals surface area (Å²) in [6, 6.07) is 0. The van der Waals surface area contributed by atoms with Crippen LogP contribution in [0.15, 0.2) is 12.2 Å². The number of carbonyl (C=O) groups excluding carboxylic acids is 2. The van der Waals surface area contributed by atoms with Crippen molar-refractivity contribution < 1.29 is 49.0 Å². The molecule has 10 heteroatoms. The molecule has 1 saturated heterocycles. The maximum absolute atomic E-state index is 12.8. The summed E-state index contributed by atoms with van der Waals surface area (Å²) in [6.45, 7) is 3.45. The first-order chi connectivity index (χ1) is 27.3. The van der Waals surface area contributed by atoms with Gasteiger partial charge in [0, 0.05) is 12.8 Å². The van der Waals surface area contributed by atoms with Crippen molar-refractivity contribution in [3.8, 4) is 0 Å². The highest BCUT2D eigenvalue weighted by molar-refractivity contribution is 5.70. The quantitative estimate of drug-likeness (QED) is 0.0272. The van der Waals surface area contributed by atoms with E-state index in [-0.39, 0.29) is 32.0 Å². The van der Waals surface area contributed by atoms with Gasteiger partial charge in [0.25, 0.3) is 0 Å². The molecule has 0 bridgehead atoms. The lowest BCUT2D eigenvalue weighted by molar-refractivity contribution is -0.305. The Labute approximate surface area is 340 Å². The van der Waals surface area contributed by atoms with Crippen LogP contribution in [0.3, 0.4) is 0 Å². The molecule has 1 saturated carbocycles. The number of unbranched alkanes of at least 4 members (excludes halogenated alkanes) is 20. The molecule has 0 radical (unpaired) electrons. The van der Waals surface area contributed by atoms with Crippen molar-refractivity contribution in [3.05, 3.63) is 12.2 Å². The molecule has 1 heterocycles. The molecule has 328 valence electrons. The summed E-state index contributed by atoms with van der Waals surface area (Å²) < 4.78 is 22.2. The monoisotopic (exact) mass is 797 g/mol. The SMILES string of the molecule is CCCCCCCC/C=C\CCCCCCCC(=O)O[C@H](COC(=O)CCCCCCCCC[C@H]1C[C@H]1CCCCCC)CO[C@H]1O[C@H](CO)[C@@H](O)[C@H](O)[C@H]1O. The zero-order chi connectivity index (χ0) is 40.6. The Bertz CT molecular complexity index is 989. The lowest BCUT2D eigenvalue weighted by Crippen LogP contribution is -2.59. The molecule has 0 spiro atoms. The maximum atomic E-state index is 12.8. The van der Waals surface area contributed by atoms with Gasteiger partial charge in [-0.3, -0.25) is 9.59 Å². The van der Waals surface area contributed by atoms with Gasteiger partial charge in [0.2, 0.25) is 0 Å². The average molecular weight is 797 g/mol. The summed E-state index contributed by atoms with van der Waals surface area (Å²) in [5.41, 5.74) is 0. The van der Waals surface area contributed by atoms with E-state index in [2.05, 4.69) is 26.0 Å². The summed E-state index contributed by atoms with van der Waals surface area (Å²) in [7, 11) is 0. The van der Waals surface area contributed by atoms with Crippen molar-refractivity contribution in [1.82, 2.24) is 0 Å². The summed E-state index contributed by atoms with van der Waals surface area (Å²) in [4.78, 5) is 25.4. The minimum absolute atomic E-state index is 0.213. The van der Waals surface area contributed by atoms with Crippen LogP contribution in [0.25, 0.3) is 0 Å². The minimum Gasteiger partial charge on any atom is -0.462 e. The molecule has 1 aliphatic carbocycles. The summed E-state index contributed by atoms with van der Waals surface area (Å²) in [6.07, 6.45) is 29.7. The van der Waals surface area contributed by atoms with Crippen LogP contribution in [0.4, 0.5) is 0 Å². The van der Waals surface area contributed by atoms with E-state index >= 15 is 0 Å². The number of hydrogen-bond acceptors (Lipinski definition) is 10. The van der Waals surface area contributed by atoms with Crippen LogP contribution in [-0.4, -0.2) is 89.0 Å². The fourth-order valence-corrected chi connectivity index (χ4v) is 7.78. The largest absolute Gasteiger partial charge is 0.462 e. The molecule has 0 amide bonds. The van der Waals surface area contributed by atoms with E-state index in [1.165, 1.54) is 116 Å². The molecule has 4 N–H and O–H groups in total. The Morgan fingerprint density at radius 2 is 1.09 bits per heavy atom. The van der Waals surface area contributed by atoms with Gasteiger partial charge >= 0.3 is 11.9 Å². The van der Waals surface area contributed by atoms with E-state index in [0.717, 1.165) is 63.2 Å². The third-order valence-electron chi connectivity index (χ3n) is 11.6. The van der Waals surface area contributed by atoms with Crippen LogP contribution in [0.2, 0.25) is 0 Å². The fraction of sp³-hybridized carbons (Fsp3) is 0.913. The van der Waals surface area contributed by atoms with Crippen molar-refractivity contribution >= 4 is 11.9 Å². The first-order valence-corrected chi connectivity index (χ1v) is 23.2. The first-order valence-electron chi connectivity index (χ1n) is 23.2. The van der Waals surface area contributed by atoms with Crippen LogP contribution in [0.5, 0.6) is 0 Å². The Morgan fingerprint density at radius 3 is 1.64 bits per heavy atom. The number of aliphatic hydroxyl groups is 4. The van der Waals surface area contributed by atoms with Gasteiger partial charge in [0.1, 0.15) is 31.0 Å². The van der Waals surface area contributed by atoms with Crippen LogP contribution < -0.4 is 0 Å². The maximum Gasteiger partial charge on any atom is 0.306 e. The Balaban J connectivity index is 1.61. The lowest BCUT2D eigenvalue weighted by Gasteiger charge is -2.39. The molecule has 0 aromatic heterocycles. The number of aliphatic hydroxyl groups excluding tert-OH is 4. The molecule has 8 atom stereocenters. The van der Waals surface area contributed by atoms with Gasteiger partial charge in [-0.2, -0.15) is 0 Å². The summed E-state index contributed by atoms with van der Waals surface area (Å²) >= 11 is 0.